The summed E-state index contributed by atoms with van der Waals surface area (Å²) in [5.41, 5.74) is 3.42. The molecule has 7 heteroatoms. The van der Waals surface area contributed by atoms with Gasteiger partial charge in [0, 0.05) is 5.56 Å². The van der Waals surface area contributed by atoms with Crippen LogP contribution in [0.5, 0.6) is 5.75 Å². The van der Waals surface area contributed by atoms with Gasteiger partial charge in [-0.3, -0.25) is 4.79 Å². The van der Waals surface area contributed by atoms with Gasteiger partial charge in [-0.05, 0) is 72.0 Å². The second-order valence-corrected chi connectivity index (χ2v) is 7.65. The first-order valence-electron chi connectivity index (χ1n) is 8.19. The Morgan fingerprint density at radius 1 is 1.00 bits per heavy atom. The smallest absolute Gasteiger partial charge is 0.744 e. The SMILES string of the molecule is CC1=CC(=O)C=C/C1=C(/c1ccc(O)cc1C)c1ccccc1S(=O)(=O)[O-].[Na+]. The number of aryl methyl sites for hydroxylation is 1. The van der Waals surface area contributed by atoms with Gasteiger partial charge in [-0.2, -0.15) is 0 Å². The average Bonchev–Trinajstić information content (AvgIpc) is 2.58. The van der Waals surface area contributed by atoms with Gasteiger partial charge in [-0.15, -0.1) is 0 Å². The monoisotopic (exact) mass is 404 g/mol. The van der Waals surface area contributed by atoms with Crippen LogP contribution >= 0.6 is 0 Å². The van der Waals surface area contributed by atoms with Crippen molar-refractivity contribution in [3.63, 3.8) is 0 Å². The quantitative estimate of drug-likeness (QED) is 0.594. The number of benzene rings is 2. The normalized spacial score (nSPS) is 15.7. The predicted molar refractivity (Wildman–Crippen MR) is 101 cm³/mol. The summed E-state index contributed by atoms with van der Waals surface area (Å²) in [4.78, 5) is 11.4. The predicted octanol–water partition coefficient (Wildman–Crippen LogP) is 0.496. The van der Waals surface area contributed by atoms with Crippen molar-refractivity contribution in [1.29, 1.82) is 0 Å². The summed E-state index contributed by atoms with van der Waals surface area (Å²) in [7, 11) is -4.72. The van der Waals surface area contributed by atoms with E-state index in [0.717, 1.165) is 0 Å². The minimum atomic E-state index is -4.72. The number of hydrogen-bond donors (Lipinski definition) is 1. The number of aromatic hydroxyl groups is 1. The van der Waals surface area contributed by atoms with Gasteiger partial charge in [-0.1, -0.05) is 30.3 Å². The largest absolute Gasteiger partial charge is 1.00 e. The van der Waals surface area contributed by atoms with E-state index in [1.54, 1.807) is 44.2 Å². The molecule has 0 aliphatic heterocycles. The second kappa shape index (κ2) is 8.59. The maximum absolute atomic E-state index is 11.8. The van der Waals surface area contributed by atoms with E-state index in [9.17, 15) is 22.9 Å². The van der Waals surface area contributed by atoms with Gasteiger partial charge in [-0.25, -0.2) is 8.42 Å². The number of carbonyl (C=O) groups is 1. The Bertz CT molecular complexity index is 1140. The van der Waals surface area contributed by atoms with Gasteiger partial charge in [0.2, 0.25) is 0 Å². The number of phenolic OH excluding ortho intramolecular Hbond substituents is 1. The molecular weight excluding hydrogens is 387 g/mol. The van der Waals surface area contributed by atoms with E-state index in [1.807, 2.05) is 0 Å². The molecular formula is C21H17NaO5S. The number of ketones is 1. The molecule has 0 radical (unpaired) electrons. The molecule has 5 nitrogen and oxygen atoms in total. The standard InChI is InChI=1S/C21H18O5S.Na/c1-13-11-15(22)7-9-17(13)21(18-10-8-16(23)12-14(18)2)19-5-3-4-6-20(19)27(24,25)26;/h3-12,22H,1-2H3,(H,24,25,26);/q;+1/p-1/b21-18+;. The molecule has 0 saturated carbocycles. The molecule has 0 fully saturated rings. The Labute approximate surface area is 186 Å². The Morgan fingerprint density at radius 2 is 1.68 bits per heavy atom. The van der Waals surface area contributed by atoms with Crippen molar-refractivity contribution < 1.29 is 52.4 Å². The summed E-state index contributed by atoms with van der Waals surface area (Å²) in [6, 6.07) is 10.7. The summed E-state index contributed by atoms with van der Waals surface area (Å²) in [5, 5.41) is 9.74. The Kier molecular flexibility index (Phi) is 6.85. The molecule has 0 saturated heterocycles. The molecule has 0 amide bonds. The van der Waals surface area contributed by atoms with Crippen LogP contribution in [0, 0.1) is 6.92 Å². The van der Waals surface area contributed by atoms with E-state index in [2.05, 4.69) is 0 Å². The summed E-state index contributed by atoms with van der Waals surface area (Å²) < 4.78 is 35.5. The molecule has 0 heterocycles. The fraction of sp³-hybridized carbons (Fsp3) is 0.0952. The third-order valence-corrected chi connectivity index (χ3v) is 5.27. The summed E-state index contributed by atoms with van der Waals surface area (Å²) in [5.74, 6) is -0.0882. The first-order chi connectivity index (χ1) is 12.7. The van der Waals surface area contributed by atoms with E-state index in [4.69, 9.17) is 0 Å². The third kappa shape index (κ3) is 4.54. The van der Waals surface area contributed by atoms with Crippen LogP contribution in [-0.2, 0) is 14.9 Å². The van der Waals surface area contributed by atoms with Crippen LogP contribution in [0.2, 0.25) is 0 Å². The molecule has 1 aliphatic carbocycles. The zero-order valence-corrected chi connectivity index (χ0v) is 18.6. The number of rotatable bonds is 3. The second-order valence-electron chi connectivity index (χ2n) is 6.30. The van der Waals surface area contributed by atoms with Crippen molar-refractivity contribution in [1.82, 2.24) is 0 Å². The fourth-order valence-electron chi connectivity index (χ4n) is 3.17. The minimum absolute atomic E-state index is 0. The maximum Gasteiger partial charge on any atom is 1.00 e. The van der Waals surface area contributed by atoms with Crippen LogP contribution in [0.25, 0.3) is 5.57 Å². The van der Waals surface area contributed by atoms with Crippen molar-refractivity contribution in [2.24, 2.45) is 0 Å². The molecule has 2 aromatic rings. The molecule has 0 aromatic heterocycles. The third-order valence-electron chi connectivity index (χ3n) is 4.37. The summed E-state index contributed by atoms with van der Waals surface area (Å²) >= 11 is 0. The van der Waals surface area contributed by atoms with Gasteiger partial charge < -0.3 is 9.66 Å². The van der Waals surface area contributed by atoms with Crippen LogP contribution in [0.1, 0.15) is 23.6 Å². The van der Waals surface area contributed by atoms with Gasteiger partial charge in [0.1, 0.15) is 15.9 Å². The van der Waals surface area contributed by atoms with Crippen LogP contribution in [0.3, 0.4) is 0 Å². The van der Waals surface area contributed by atoms with Gasteiger partial charge in [0.25, 0.3) is 0 Å². The molecule has 0 atom stereocenters. The Hall–Kier alpha value is -1.96. The van der Waals surface area contributed by atoms with Crippen molar-refractivity contribution >= 4 is 21.5 Å². The van der Waals surface area contributed by atoms with E-state index >= 15 is 0 Å². The van der Waals surface area contributed by atoms with Crippen LogP contribution in [-0.4, -0.2) is 23.9 Å². The van der Waals surface area contributed by atoms with Gasteiger partial charge in [0.05, 0.1) is 4.90 Å². The van der Waals surface area contributed by atoms with Crippen molar-refractivity contribution in [3.8, 4) is 5.75 Å². The summed E-state index contributed by atoms with van der Waals surface area (Å²) in [6.07, 6.45) is 4.47. The number of hydrogen-bond acceptors (Lipinski definition) is 5. The number of allylic oxidation sites excluding steroid dienone is 5. The zero-order valence-electron chi connectivity index (χ0n) is 15.8. The summed E-state index contributed by atoms with van der Waals surface area (Å²) in [6.45, 7) is 3.53. The topological polar surface area (TPSA) is 94.5 Å². The van der Waals surface area contributed by atoms with Crippen LogP contribution in [0.4, 0.5) is 0 Å². The molecule has 0 unspecified atom stereocenters. The van der Waals surface area contributed by atoms with Crippen LogP contribution in [0.15, 0.2) is 76.7 Å². The van der Waals surface area contributed by atoms with E-state index in [-0.39, 0.29) is 51.5 Å². The fourth-order valence-corrected chi connectivity index (χ4v) is 3.86. The first kappa shape index (κ1) is 22.3. The van der Waals surface area contributed by atoms with Gasteiger partial charge >= 0.3 is 29.6 Å². The van der Waals surface area contributed by atoms with Crippen LogP contribution < -0.4 is 29.6 Å². The molecule has 1 aliphatic rings. The number of phenols is 1. The molecule has 138 valence electrons. The van der Waals surface area contributed by atoms with Crippen molar-refractivity contribution in [2.75, 3.05) is 0 Å². The van der Waals surface area contributed by atoms with Crippen molar-refractivity contribution in [3.05, 3.63) is 88.5 Å². The number of carbonyl (C=O) groups excluding carboxylic acids is 1. The molecule has 2 aromatic carbocycles. The first-order valence-corrected chi connectivity index (χ1v) is 9.59. The molecule has 0 bridgehead atoms. The molecule has 0 spiro atoms. The van der Waals surface area contributed by atoms with E-state index < -0.39 is 10.1 Å². The molecule has 28 heavy (non-hydrogen) atoms. The maximum atomic E-state index is 11.8. The van der Waals surface area contributed by atoms with Crippen molar-refractivity contribution in [2.45, 2.75) is 18.7 Å². The Morgan fingerprint density at radius 3 is 2.29 bits per heavy atom. The van der Waals surface area contributed by atoms with E-state index in [1.165, 1.54) is 30.4 Å². The molecule has 1 N–H and O–H groups in total. The molecule has 3 rings (SSSR count). The van der Waals surface area contributed by atoms with E-state index in [0.29, 0.717) is 27.8 Å². The van der Waals surface area contributed by atoms with Gasteiger partial charge in [0.15, 0.2) is 5.78 Å². The Balaban J connectivity index is 0.00000280. The minimum Gasteiger partial charge on any atom is -0.744 e. The average molecular weight is 404 g/mol. The zero-order chi connectivity index (χ0) is 19.8.